The lowest BCUT2D eigenvalue weighted by molar-refractivity contribution is -0.137. The summed E-state index contributed by atoms with van der Waals surface area (Å²) < 4.78 is 39.6. The van der Waals surface area contributed by atoms with Crippen LogP contribution < -0.4 is 4.90 Å². The number of nitrogens with zero attached hydrogens (tertiary/aromatic N) is 1. The number of halogens is 3. The molecule has 1 heterocycles. The van der Waals surface area contributed by atoms with E-state index in [0.29, 0.717) is 5.56 Å². The molecule has 1 aliphatic heterocycles. The highest BCUT2D eigenvalue weighted by atomic mass is 19.4. The molecule has 0 bridgehead atoms. The van der Waals surface area contributed by atoms with Crippen molar-refractivity contribution in [2.45, 2.75) is 58.0 Å². The van der Waals surface area contributed by atoms with Crippen LogP contribution in [0.2, 0.25) is 0 Å². The Morgan fingerprint density at radius 1 is 0.897 bits per heavy atom. The SMILES string of the molecule is CC(C)(C)c1ccc(CC(=O)Cc2cc(C(F)(F)F)ccc2N2CCCC2)cc1. The van der Waals surface area contributed by atoms with Gasteiger partial charge in [-0.2, -0.15) is 13.2 Å². The summed E-state index contributed by atoms with van der Waals surface area (Å²) in [5.74, 6) is -0.0757. The second kappa shape index (κ2) is 8.21. The van der Waals surface area contributed by atoms with E-state index in [0.717, 1.165) is 49.3 Å². The number of hydrogen-bond acceptors (Lipinski definition) is 2. The van der Waals surface area contributed by atoms with Gasteiger partial charge in [0, 0.05) is 31.6 Å². The lowest BCUT2D eigenvalue weighted by Gasteiger charge is -2.22. The lowest BCUT2D eigenvalue weighted by Crippen LogP contribution is -2.21. The fraction of sp³-hybridized carbons (Fsp3) is 0.458. The first kappa shape index (κ1) is 21.4. The molecular weight excluding hydrogens is 375 g/mol. The van der Waals surface area contributed by atoms with E-state index in [1.807, 2.05) is 24.3 Å². The second-order valence-electron chi connectivity index (χ2n) is 8.87. The molecule has 2 aromatic carbocycles. The van der Waals surface area contributed by atoms with Gasteiger partial charge < -0.3 is 4.90 Å². The molecule has 1 fully saturated rings. The lowest BCUT2D eigenvalue weighted by atomic mass is 9.86. The number of alkyl halides is 3. The Hall–Kier alpha value is -2.30. The zero-order chi connectivity index (χ0) is 21.2. The molecule has 0 amide bonds. The van der Waals surface area contributed by atoms with Gasteiger partial charge in [0.25, 0.3) is 0 Å². The van der Waals surface area contributed by atoms with Gasteiger partial charge in [-0.15, -0.1) is 0 Å². The Kier molecular flexibility index (Phi) is 6.06. The molecule has 156 valence electrons. The predicted octanol–water partition coefficient (Wildman–Crippen LogP) is 5.96. The van der Waals surface area contributed by atoms with Crippen LogP contribution in [-0.4, -0.2) is 18.9 Å². The van der Waals surface area contributed by atoms with E-state index in [1.54, 1.807) is 0 Å². The number of ketones is 1. The van der Waals surface area contributed by atoms with Crippen molar-refractivity contribution in [2.24, 2.45) is 0 Å². The highest BCUT2D eigenvalue weighted by molar-refractivity contribution is 5.84. The van der Waals surface area contributed by atoms with Crippen molar-refractivity contribution >= 4 is 11.5 Å². The highest BCUT2D eigenvalue weighted by Gasteiger charge is 2.32. The molecule has 0 unspecified atom stereocenters. The number of Topliss-reactive ketones (excluding diaryl/α,β-unsaturated/α-hetero) is 1. The van der Waals surface area contributed by atoms with E-state index in [1.165, 1.54) is 11.6 Å². The van der Waals surface area contributed by atoms with Gasteiger partial charge in [-0.25, -0.2) is 0 Å². The van der Waals surface area contributed by atoms with Crippen molar-refractivity contribution in [3.63, 3.8) is 0 Å². The van der Waals surface area contributed by atoms with E-state index in [-0.39, 0.29) is 24.0 Å². The summed E-state index contributed by atoms with van der Waals surface area (Å²) in [7, 11) is 0. The summed E-state index contributed by atoms with van der Waals surface area (Å²) in [5, 5.41) is 0. The van der Waals surface area contributed by atoms with Crippen molar-refractivity contribution in [3.8, 4) is 0 Å². The van der Waals surface area contributed by atoms with Crippen LogP contribution >= 0.6 is 0 Å². The number of carbonyl (C=O) groups is 1. The monoisotopic (exact) mass is 403 g/mol. The number of anilines is 1. The molecule has 1 aliphatic rings. The van der Waals surface area contributed by atoms with Crippen LogP contribution in [0.15, 0.2) is 42.5 Å². The van der Waals surface area contributed by atoms with Crippen molar-refractivity contribution < 1.29 is 18.0 Å². The summed E-state index contributed by atoms with van der Waals surface area (Å²) in [6, 6.07) is 11.7. The first-order chi connectivity index (χ1) is 13.5. The van der Waals surface area contributed by atoms with Crippen LogP contribution in [0, 0.1) is 0 Å². The van der Waals surface area contributed by atoms with Crippen LogP contribution in [0.25, 0.3) is 0 Å². The fourth-order valence-corrected chi connectivity index (χ4v) is 3.80. The molecule has 1 saturated heterocycles. The van der Waals surface area contributed by atoms with Crippen LogP contribution in [0.5, 0.6) is 0 Å². The molecule has 2 aromatic rings. The average molecular weight is 403 g/mol. The van der Waals surface area contributed by atoms with Gasteiger partial charge >= 0.3 is 6.18 Å². The Labute approximate surface area is 170 Å². The van der Waals surface area contributed by atoms with Gasteiger partial charge in [-0.05, 0) is 53.1 Å². The first-order valence-corrected chi connectivity index (χ1v) is 10.1. The molecule has 3 rings (SSSR count). The van der Waals surface area contributed by atoms with Crippen LogP contribution in [0.3, 0.4) is 0 Å². The van der Waals surface area contributed by atoms with E-state index in [9.17, 15) is 18.0 Å². The highest BCUT2D eigenvalue weighted by Crippen LogP contribution is 2.34. The summed E-state index contributed by atoms with van der Waals surface area (Å²) in [5.41, 5.74) is 2.63. The Bertz CT molecular complexity index is 857. The van der Waals surface area contributed by atoms with Gasteiger partial charge in [0.2, 0.25) is 0 Å². The number of benzene rings is 2. The van der Waals surface area contributed by atoms with E-state index < -0.39 is 11.7 Å². The largest absolute Gasteiger partial charge is 0.416 e. The maximum atomic E-state index is 13.2. The fourth-order valence-electron chi connectivity index (χ4n) is 3.80. The van der Waals surface area contributed by atoms with Gasteiger partial charge in [-0.3, -0.25) is 4.79 Å². The Balaban J connectivity index is 1.79. The number of hydrogen-bond donors (Lipinski definition) is 0. The molecule has 0 radical (unpaired) electrons. The molecule has 29 heavy (non-hydrogen) atoms. The topological polar surface area (TPSA) is 20.3 Å². The quantitative estimate of drug-likeness (QED) is 0.614. The third-order valence-electron chi connectivity index (χ3n) is 5.46. The van der Waals surface area contributed by atoms with Gasteiger partial charge in [0.15, 0.2) is 0 Å². The molecule has 0 N–H and O–H groups in total. The molecular formula is C24H28F3NO. The summed E-state index contributed by atoms with van der Waals surface area (Å²) in [6.07, 6.45) is -2.13. The molecule has 5 heteroatoms. The summed E-state index contributed by atoms with van der Waals surface area (Å²) >= 11 is 0. The minimum atomic E-state index is -4.41. The Morgan fingerprint density at radius 2 is 1.48 bits per heavy atom. The molecule has 0 aromatic heterocycles. The average Bonchev–Trinajstić information content (AvgIpc) is 3.15. The van der Waals surface area contributed by atoms with Crippen LogP contribution in [0.4, 0.5) is 18.9 Å². The van der Waals surface area contributed by atoms with Crippen LogP contribution in [-0.2, 0) is 29.2 Å². The maximum absolute atomic E-state index is 13.2. The Morgan fingerprint density at radius 3 is 2.03 bits per heavy atom. The van der Waals surface area contributed by atoms with Crippen molar-refractivity contribution in [1.29, 1.82) is 0 Å². The molecule has 0 atom stereocenters. The minimum absolute atomic E-state index is 0.0107. The second-order valence-corrected chi connectivity index (χ2v) is 8.87. The summed E-state index contributed by atoms with van der Waals surface area (Å²) in [6.45, 7) is 8.02. The molecule has 0 spiro atoms. The van der Waals surface area contributed by atoms with Gasteiger partial charge in [0.05, 0.1) is 5.56 Å². The van der Waals surface area contributed by atoms with E-state index >= 15 is 0 Å². The van der Waals surface area contributed by atoms with Gasteiger partial charge in [-0.1, -0.05) is 45.0 Å². The summed E-state index contributed by atoms with van der Waals surface area (Å²) in [4.78, 5) is 14.8. The smallest absolute Gasteiger partial charge is 0.371 e. The predicted molar refractivity (Wildman–Crippen MR) is 110 cm³/mol. The van der Waals surface area contributed by atoms with Gasteiger partial charge in [0.1, 0.15) is 5.78 Å². The number of carbonyl (C=O) groups excluding carboxylic acids is 1. The standard InChI is InChI=1S/C24H28F3NO/c1-23(2,3)19-8-6-17(7-9-19)14-21(29)16-18-15-20(24(25,26)27)10-11-22(18)28-12-4-5-13-28/h6-11,15H,4-5,12-14,16H2,1-3H3. The first-order valence-electron chi connectivity index (χ1n) is 10.1. The van der Waals surface area contributed by atoms with E-state index in [4.69, 9.17) is 0 Å². The third kappa shape index (κ3) is 5.40. The molecule has 0 aliphatic carbocycles. The van der Waals surface area contributed by atoms with E-state index in [2.05, 4.69) is 25.7 Å². The van der Waals surface area contributed by atoms with Crippen molar-refractivity contribution in [2.75, 3.05) is 18.0 Å². The normalized spacial score (nSPS) is 15.0. The zero-order valence-corrected chi connectivity index (χ0v) is 17.3. The third-order valence-corrected chi connectivity index (χ3v) is 5.46. The van der Waals surface area contributed by atoms with Crippen molar-refractivity contribution in [3.05, 3.63) is 64.7 Å². The maximum Gasteiger partial charge on any atom is 0.416 e. The number of rotatable bonds is 5. The zero-order valence-electron chi connectivity index (χ0n) is 17.3. The van der Waals surface area contributed by atoms with Crippen LogP contribution in [0.1, 0.15) is 55.9 Å². The minimum Gasteiger partial charge on any atom is -0.371 e. The molecule has 0 saturated carbocycles. The molecule has 2 nitrogen and oxygen atoms in total. The van der Waals surface area contributed by atoms with Crippen molar-refractivity contribution in [1.82, 2.24) is 0 Å².